The van der Waals surface area contributed by atoms with Gasteiger partial charge in [-0.05, 0) is 32.0 Å². The molecule has 4 rings (SSSR count). The molecule has 0 aliphatic carbocycles. The molecule has 0 fully saturated rings. The molecule has 1 aromatic carbocycles. The third-order valence-corrected chi connectivity index (χ3v) is 5.91. The van der Waals surface area contributed by atoms with Crippen LogP contribution in [-0.4, -0.2) is 30.5 Å². The first kappa shape index (κ1) is 23.4. The molecule has 0 aliphatic rings. The standard InChI is InChI=1S/C21H17Cl3F2N6O/c1-10-6-12(19(25)26)18-11(2)29-32(21(18)27-10)9-17(33)28-20-16(24)8-31(30-20)7-13-14(22)4-3-5-15(13)23/h3-6,8,19H,7,9H2,1-2H3,(H,28,30,33). The van der Waals surface area contributed by atoms with Crippen LogP contribution < -0.4 is 5.32 Å². The number of carbonyl (C=O) groups excluding carboxylic acids is 1. The smallest absolute Gasteiger partial charge is 0.264 e. The maximum absolute atomic E-state index is 13.5. The Morgan fingerprint density at radius 3 is 2.48 bits per heavy atom. The van der Waals surface area contributed by atoms with Crippen molar-refractivity contribution >= 4 is 57.6 Å². The Hall–Kier alpha value is -2.75. The molecule has 0 saturated carbocycles. The number of rotatable bonds is 6. The van der Waals surface area contributed by atoms with Gasteiger partial charge in [-0.25, -0.2) is 18.4 Å². The van der Waals surface area contributed by atoms with Crippen LogP contribution >= 0.6 is 34.8 Å². The SMILES string of the molecule is Cc1cc(C(F)F)c2c(C)nn(CC(=O)Nc3nn(Cc4c(Cl)cccc4Cl)cc3Cl)c2n1. The van der Waals surface area contributed by atoms with Crippen LogP contribution in [-0.2, 0) is 17.9 Å². The Kier molecular flexibility index (Phi) is 6.56. The zero-order chi connectivity index (χ0) is 23.9. The van der Waals surface area contributed by atoms with Crippen LogP contribution in [0.3, 0.4) is 0 Å². The molecule has 3 heterocycles. The van der Waals surface area contributed by atoms with E-state index in [1.807, 2.05) is 0 Å². The first-order valence-electron chi connectivity index (χ1n) is 9.72. The second-order valence-corrected chi connectivity index (χ2v) is 8.59. The summed E-state index contributed by atoms with van der Waals surface area (Å²) in [7, 11) is 0. The van der Waals surface area contributed by atoms with Gasteiger partial charge in [0.1, 0.15) is 11.6 Å². The number of fused-ring (bicyclic) bond motifs is 1. The second-order valence-electron chi connectivity index (χ2n) is 7.37. The number of hydrogen-bond donors (Lipinski definition) is 1. The van der Waals surface area contributed by atoms with Gasteiger partial charge in [-0.3, -0.25) is 9.48 Å². The Labute approximate surface area is 202 Å². The Balaban J connectivity index is 1.55. The summed E-state index contributed by atoms with van der Waals surface area (Å²) < 4.78 is 29.7. The number of pyridine rings is 1. The number of anilines is 1. The van der Waals surface area contributed by atoms with Crippen molar-refractivity contribution in [3.8, 4) is 0 Å². The third-order valence-electron chi connectivity index (χ3n) is 4.92. The Bertz CT molecular complexity index is 1350. The lowest BCUT2D eigenvalue weighted by atomic mass is 10.1. The predicted octanol–water partition coefficient (Wildman–Crippen LogP) is 5.83. The number of benzene rings is 1. The van der Waals surface area contributed by atoms with Gasteiger partial charge in [0, 0.05) is 33.1 Å². The van der Waals surface area contributed by atoms with Crippen molar-refractivity contribution in [2.45, 2.75) is 33.4 Å². The molecule has 3 aromatic heterocycles. The van der Waals surface area contributed by atoms with E-state index in [9.17, 15) is 13.6 Å². The van der Waals surface area contributed by atoms with Crippen molar-refractivity contribution in [2.75, 3.05) is 5.32 Å². The molecule has 7 nitrogen and oxygen atoms in total. The van der Waals surface area contributed by atoms with Gasteiger partial charge < -0.3 is 5.32 Å². The highest BCUT2D eigenvalue weighted by Gasteiger charge is 2.21. The predicted molar refractivity (Wildman–Crippen MR) is 123 cm³/mol. The van der Waals surface area contributed by atoms with Gasteiger partial charge in [0.25, 0.3) is 6.43 Å². The van der Waals surface area contributed by atoms with Crippen LogP contribution in [0.5, 0.6) is 0 Å². The second kappa shape index (κ2) is 9.24. The molecule has 33 heavy (non-hydrogen) atoms. The quantitative estimate of drug-likeness (QED) is 0.352. The zero-order valence-corrected chi connectivity index (χ0v) is 19.7. The van der Waals surface area contributed by atoms with Crippen molar-refractivity contribution in [2.24, 2.45) is 0 Å². The Morgan fingerprint density at radius 1 is 1.12 bits per heavy atom. The molecule has 0 atom stereocenters. The Morgan fingerprint density at radius 2 is 1.82 bits per heavy atom. The summed E-state index contributed by atoms with van der Waals surface area (Å²) in [5.41, 5.74) is 1.47. The molecule has 0 aliphatic heterocycles. The number of amides is 1. The van der Waals surface area contributed by atoms with Crippen LogP contribution in [0.2, 0.25) is 15.1 Å². The summed E-state index contributed by atoms with van der Waals surface area (Å²) in [5.74, 6) is -0.361. The number of nitrogens with zero attached hydrogens (tertiary/aromatic N) is 5. The number of carbonyl (C=O) groups is 1. The van der Waals surface area contributed by atoms with E-state index in [0.717, 1.165) is 0 Å². The van der Waals surface area contributed by atoms with E-state index in [0.29, 0.717) is 27.0 Å². The topological polar surface area (TPSA) is 77.6 Å². The van der Waals surface area contributed by atoms with Crippen molar-refractivity contribution in [3.63, 3.8) is 0 Å². The van der Waals surface area contributed by atoms with Gasteiger partial charge in [0.2, 0.25) is 5.91 Å². The summed E-state index contributed by atoms with van der Waals surface area (Å²) in [6, 6.07) is 6.48. The lowest BCUT2D eigenvalue weighted by Gasteiger charge is -2.07. The summed E-state index contributed by atoms with van der Waals surface area (Å²) >= 11 is 18.6. The van der Waals surface area contributed by atoms with E-state index in [4.69, 9.17) is 34.8 Å². The van der Waals surface area contributed by atoms with Crippen LogP contribution in [0, 0.1) is 13.8 Å². The third kappa shape index (κ3) is 4.80. The lowest BCUT2D eigenvalue weighted by molar-refractivity contribution is -0.116. The summed E-state index contributed by atoms with van der Waals surface area (Å²) in [6.07, 6.45) is -1.15. The number of nitrogens with one attached hydrogen (secondary N) is 1. The van der Waals surface area contributed by atoms with Crippen molar-refractivity contribution in [1.82, 2.24) is 24.5 Å². The van der Waals surface area contributed by atoms with Crippen LogP contribution in [0.15, 0.2) is 30.5 Å². The van der Waals surface area contributed by atoms with E-state index < -0.39 is 12.3 Å². The van der Waals surface area contributed by atoms with Crippen LogP contribution in [0.4, 0.5) is 14.6 Å². The minimum atomic E-state index is -2.69. The summed E-state index contributed by atoms with van der Waals surface area (Å²) in [4.78, 5) is 17.0. The first-order valence-corrected chi connectivity index (χ1v) is 10.9. The van der Waals surface area contributed by atoms with Gasteiger partial charge in [-0.2, -0.15) is 10.2 Å². The highest BCUT2D eigenvalue weighted by atomic mass is 35.5. The number of alkyl halides is 2. The van der Waals surface area contributed by atoms with Gasteiger partial charge in [-0.1, -0.05) is 40.9 Å². The molecule has 12 heteroatoms. The molecule has 4 aromatic rings. The van der Waals surface area contributed by atoms with Gasteiger partial charge >= 0.3 is 0 Å². The van der Waals surface area contributed by atoms with Gasteiger partial charge in [0.15, 0.2) is 11.5 Å². The number of aryl methyl sites for hydroxylation is 2. The van der Waals surface area contributed by atoms with Gasteiger partial charge in [-0.15, -0.1) is 0 Å². The molecule has 0 unspecified atom stereocenters. The van der Waals surface area contributed by atoms with E-state index in [-0.39, 0.29) is 40.5 Å². The zero-order valence-electron chi connectivity index (χ0n) is 17.4. The molecule has 0 bridgehead atoms. The van der Waals surface area contributed by atoms with Crippen molar-refractivity contribution < 1.29 is 13.6 Å². The summed E-state index contributed by atoms with van der Waals surface area (Å²) in [5, 5.41) is 12.5. The molecule has 172 valence electrons. The van der Waals surface area contributed by atoms with E-state index >= 15 is 0 Å². The maximum atomic E-state index is 13.5. The highest BCUT2D eigenvalue weighted by molar-refractivity contribution is 6.36. The maximum Gasteiger partial charge on any atom is 0.264 e. The molecule has 1 amide bonds. The van der Waals surface area contributed by atoms with Crippen molar-refractivity contribution in [3.05, 3.63) is 68.0 Å². The fourth-order valence-electron chi connectivity index (χ4n) is 3.52. The molecule has 0 saturated heterocycles. The normalized spacial score (nSPS) is 11.5. The summed E-state index contributed by atoms with van der Waals surface area (Å²) in [6.45, 7) is 3.19. The van der Waals surface area contributed by atoms with Crippen LogP contribution in [0.25, 0.3) is 11.0 Å². The number of hydrogen-bond acceptors (Lipinski definition) is 4. The van der Waals surface area contributed by atoms with Crippen molar-refractivity contribution in [1.29, 1.82) is 0 Å². The molecule has 0 radical (unpaired) electrons. The average molecular weight is 514 g/mol. The first-order chi connectivity index (χ1) is 15.6. The minimum absolute atomic E-state index is 0.135. The lowest BCUT2D eigenvalue weighted by Crippen LogP contribution is -2.20. The fraction of sp³-hybridized carbons (Fsp3) is 0.238. The molecule has 1 N–H and O–H groups in total. The van der Waals surface area contributed by atoms with Crippen LogP contribution in [0.1, 0.15) is 28.9 Å². The monoisotopic (exact) mass is 512 g/mol. The number of halogens is 5. The molecular formula is C21H17Cl3F2N6O. The van der Waals surface area contributed by atoms with E-state index in [2.05, 4.69) is 20.5 Å². The number of aromatic nitrogens is 5. The minimum Gasteiger partial charge on any atom is -0.306 e. The molecular weight excluding hydrogens is 497 g/mol. The highest BCUT2D eigenvalue weighted by Crippen LogP contribution is 2.30. The van der Waals surface area contributed by atoms with E-state index in [1.54, 1.807) is 32.0 Å². The largest absolute Gasteiger partial charge is 0.306 e. The average Bonchev–Trinajstić information content (AvgIpc) is 3.23. The fourth-order valence-corrected chi connectivity index (χ4v) is 4.23. The van der Waals surface area contributed by atoms with E-state index in [1.165, 1.54) is 21.6 Å². The van der Waals surface area contributed by atoms with Gasteiger partial charge in [0.05, 0.1) is 17.6 Å². The molecule has 0 spiro atoms.